The van der Waals surface area contributed by atoms with Crippen LogP contribution in [-0.4, -0.2) is 21.6 Å². The largest absolute Gasteiger partial charge is 0.387 e. The summed E-state index contributed by atoms with van der Waals surface area (Å²) in [6, 6.07) is 16.5. The molecule has 3 rings (SSSR count). The van der Waals surface area contributed by atoms with Gasteiger partial charge in [-0.15, -0.1) is 0 Å². The van der Waals surface area contributed by atoms with Crippen LogP contribution in [0.25, 0.3) is 10.9 Å². The summed E-state index contributed by atoms with van der Waals surface area (Å²) in [5.74, 6) is 0.355. The third-order valence-electron chi connectivity index (χ3n) is 3.26. The smallest absolute Gasteiger partial charge is 0.260 e. The first-order chi connectivity index (χ1) is 10.2. The Labute approximate surface area is 121 Å². The summed E-state index contributed by atoms with van der Waals surface area (Å²) in [6.45, 7) is 0.269. The van der Waals surface area contributed by atoms with Gasteiger partial charge < -0.3 is 10.4 Å². The molecule has 0 unspecified atom stereocenters. The van der Waals surface area contributed by atoms with Crippen LogP contribution in [0.4, 0.5) is 5.95 Å². The van der Waals surface area contributed by atoms with E-state index in [1.165, 1.54) is 0 Å². The molecule has 1 atom stereocenters. The van der Waals surface area contributed by atoms with Gasteiger partial charge >= 0.3 is 0 Å². The van der Waals surface area contributed by atoms with Crippen molar-refractivity contribution in [1.82, 2.24) is 9.97 Å². The number of nitrogens with one attached hydrogen (secondary N) is 2. The molecule has 0 aliphatic heterocycles. The molecule has 3 aromatic rings. The van der Waals surface area contributed by atoms with Crippen molar-refractivity contribution in [3.8, 4) is 0 Å². The second-order valence-electron chi connectivity index (χ2n) is 4.74. The maximum atomic E-state index is 11.9. The van der Waals surface area contributed by atoms with Crippen molar-refractivity contribution in [2.45, 2.75) is 6.10 Å². The molecule has 5 heteroatoms. The molecule has 0 aliphatic carbocycles. The van der Waals surface area contributed by atoms with Crippen LogP contribution in [0.2, 0.25) is 0 Å². The quantitative estimate of drug-likeness (QED) is 0.684. The molecule has 5 nitrogen and oxygen atoms in total. The zero-order valence-corrected chi connectivity index (χ0v) is 11.3. The number of aromatic nitrogens is 2. The zero-order chi connectivity index (χ0) is 14.7. The highest BCUT2D eigenvalue weighted by Crippen LogP contribution is 2.13. The summed E-state index contributed by atoms with van der Waals surface area (Å²) in [6.07, 6.45) is -0.664. The molecule has 106 valence electrons. The topological polar surface area (TPSA) is 78.0 Å². The van der Waals surface area contributed by atoms with Gasteiger partial charge in [-0.2, -0.15) is 0 Å². The average molecular weight is 281 g/mol. The fraction of sp³-hybridized carbons (Fsp3) is 0.125. The van der Waals surface area contributed by atoms with E-state index in [-0.39, 0.29) is 12.1 Å². The Morgan fingerprint density at radius 1 is 1.10 bits per heavy atom. The first-order valence-corrected chi connectivity index (χ1v) is 6.70. The standard InChI is InChI=1S/C16H15N3O2/c20-14(11-6-2-1-3-7-11)10-17-16-18-13-9-5-4-8-12(13)15(21)19-16/h1-9,14,20H,10H2,(H2,17,18,19,21)/t14-/m1/s1. The Kier molecular flexibility index (Phi) is 3.66. The fourth-order valence-corrected chi connectivity index (χ4v) is 2.16. The molecule has 0 saturated carbocycles. The van der Waals surface area contributed by atoms with Crippen LogP contribution in [0.15, 0.2) is 59.4 Å². The summed E-state index contributed by atoms with van der Waals surface area (Å²) < 4.78 is 0. The van der Waals surface area contributed by atoms with Crippen molar-refractivity contribution in [1.29, 1.82) is 0 Å². The van der Waals surface area contributed by atoms with Gasteiger partial charge in [0.1, 0.15) is 0 Å². The molecule has 0 aliphatic rings. The number of aliphatic hydroxyl groups is 1. The molecule has 0 bridgehead atoms. The van der Waals surface area contributed by atoms with Crippen molar-refractivity contribution >= 4 is 16.9 Å². The predicted octanol–water partition coefficient (Wildman–Crippen LogP) is 2.07. The normalized spacial score (nSPS) is 12.2. The summed E-state index contributed by atoms with van der Waals surface area (Å²) in [4.78, 5) is 18.9. The average Bonchev–Trinajstić information content (AvgIpc) is 2.53. The molecule has 1 heterocycles. The van der Waals surface area contributed by atoms with Crippen molar-refractivity contribution in [2.75, 3.05) is 11.9 Å². The molecule has 2 aromatic carbocycles. The highest BCUT2D eigenvalue weighted by molar-refractivity contribution is 5.78. The minimum atomic E-state index is -0.664. The number of nitrogens with zero attached hydrogens (tertiary/aromatic N) is 1. The van der Waals surface area contributed by atoms with E-state index in [9.17, 15) is 9.90 Å². The van der Waals surface area contributed by atoms with E-state index in [0.29, 0.717) is 16.9 Å². The number of para-hydroxylation sites is 1. The lowest BCUT2D eigenvalue weighted by Gasteiger charge is -2.12. The van der Waals surface area contributed by atoms with Crippen molar-refractivity contribution in [3.63, 3.8) is 0 Å². The summed E-state index contributed by atoms with van der Waals surface area (Å²) >= 11 is 0. The molecule has 0 radical (unpaired) electrons. The fourth-order valence-electron chi connectivity index (χ4n) is 2.16. The van der Waals surface area contributed by atoms with Gasteiger partial charge in [-0.25, -0.2) is 4.98 Å². The molecule has 3 N–H and O–H groups in total. The Bertz CT molecular complexity index is 799. The van der Waals surface area contributed by atoms with E-state index >= 15 is 0 Å². The van der Waals surface area contributed by atoms with Gasteiger partial charge in [0.25, 0.3) is 5.56 Å². The number of H-pyrrole nitrogens is 1. The number of rotatable bonds is 4. The molecule has 0 fully saturated rings. The number of hydrogen-bond acceptors (Lipinski definition) is 4. The molecule has 0 amide bonds. The van der Waals surface area contributed by atoms with Crippen LogP contribution < -0.4 is 10.9 Å². The van der Waals surface area contributed by atoms with E-state index in [2.05, 4.69) is 15.3 Å². The predicted molar refractivity (Wildman–Crippen MR) is 82.3 cm³/mol. The van der Waals surface area contributed by atoms with E-state index < -0.39 is 6.10 Å². The third kappa shape index (κ3) is 2.93. The summed E-state index contributed by atoms with van der Waals surface area (Å²) in [5.41, 5.74) is 1.24. The first kappa shape index (κ1) is 13.3. The van der Waals surface area contributed by atoms with Gasteiger partial charge in [0, 0.05) is 6.54 Å². The minimum absolute atomic E-state index is 0.197. The lowest BCUT2D eigenvalue weighted by atomic mass is 10.1. The SMILES string of the molecule is O=c1[nH]c(NC[C@@H](O)c2ccccc2)nc2ccccc12. The zero-order valence-electron chi connectivity index (χ0n) is 11.3. The van der Waals surface area contributed by atoms with Crippen LogP contribution >= 0.6 is 0 Å². The van der Waals surface area contributed by atoms with Gasteiger partial charge in [-0.3, -0.25) is 9.78 Å². The number of anilines is 1. The van der Waals surface area contributed by atoms with Gasteiger partial charge in [-0.1, -0.05) is 42.5 Å². The summed E-state index contributed by atoms with van der Waals surface area (Å²) in [7, 11) is 0. The number of aliphatic hydroxyl groups excluding tert-OH is 1. The van der Waals surface area contributed by atoms with Crippen LogP contribution in [0, 0.1) is 0 Å². The second kappa shape index (κ2) is 5.76. The molecular weight excluding hydrogens is 266 g/mol. The molecule has 1 aromatic heterocycles. The van der Waals surface area contributed by atoms with Crippen LogP contribution in [0.5, 0.6) is 0 Å². The summed E-state index contributed by atoms with van der Waals surface area (Å²) in [5, 5.41) is 13.6. The van der Waals surface area contributed by atoms with E-state index in [1.807, 2.05) is 36.4 Å². The van der Waals surface area contributed by atoms with Crippen molar-refractivity contribution in [3.05, 3.63) is 70.5 Å². The Hall–Kier alpha value is -2.66. The van der Waals surface area contributed by atoms with E-state index in [1.54, 1.807) is 18.2 Å². The van der Waals surface area contributed by atoms with E-state index in [0.717, 1.165) is 5.56 Å². The third-order valence-corrected chi connectivity index (χ3v) is 3.26. The monoisotopic (exact) mass is 281 g/mol. The Balaban J connectivity index is 1.78. The number of hydrogen-bond donors (Lipinski definition) is 3. The van der Waals surface area contributed by atoms with Crippen molar-refractivity contribution < 1.29 is 5.11 Å². The molecule has 0 spiro atoms. The Morgan fingerprint density at radius 3 is 2.62 bits per heavy atom. The lowest BCUT2D eigenvalue weighted by molar-refractivity contribution is 0.191. The molecule has 0 saturated heterocycles. The minimum Gasteiger partial charge on any atom is -0.387 e. The number of fused-ring (bicyclic) bond motifs is 1. The van der Waals surface area contributed by atoms with Gasteiger partial charge in [-0.05, 0) is 17.7 Å². The van der Waals surface area contributed by atoms with Gasteiger partial charge in [0.05, 0.1) is 17.0 Å². The van der Waals surface area contributed by atoms with Crippen LogP contribution in [-0.2, 0) is 0 Å². The highest BCUT2D eigenvalue weighted by Gasteiger charge is 2.08. The number of benzene rings is 2. The first-order valence-electron chi connectivity index (χ1n) is 6.70. The molecular formula is C16H15N3O2. The Morgan fingerprint density at radius 2 is 1.81 bits per heavy atom. The van der Waals surface area contributed by atoms with Crippen LogP contribution in [0.3, 0.4) is 0 Å². The highest BCUT2D eigenvalue weighted by atomic mass is 16.3. The van der Waals surface area contributed by atoms with Crippen molar-refractivity contribution in [2.24, 2.45) is 0 Å². The van der Waals surface area contributed by atoms with Gasteiger partial charge in [0.2, 0.25) is 5.95 Å². The molecule has 21 heavy (non-hydrogen) atoms. The number of aromatic amines is 1. The lowest BCUT2D eigenvalue weighted by Crippen LogP contribution is -2.17. The maximum absolute atomic E-state index is 11.9. The van der Waals surface area contributed by atoms with Crippen LogP contribution in [0.1, 0.15) is 11.7 Å². The van der Waals surface area contributed by atoms with E-state index in [4.69, 9.17) is 0 Å². The van der Waals surface area contributed by atoms with Gasteiger partial charge in [0.15, 0.2) is 0 Å². The maximum Gasteiger partial charge on any atom is 0.260 e. The second-order valence-corrected chi connectivity index (χ2v) is 4.74.